The van der Waals surface area contributed by atoms with Crippen LogP contribution in [0.2, 0.25) is 0 Å². The molecular formula is C13H24N2O5. The van der Waals surface area contributed by atoms with Crippen molar-refractivity contribution in [2.75, 3.05) is 19.7 Å². The van der Waals surface area contributed by atoms with E-state index in [-0.39, 0.29) is 12.5 Å². The summed E-state index contributed by atoms with van der Waals surface area (Å²) < 4.78 is 5.15. The number of rotatable bonds is 3. The Kier molecular flexibility index (Phi) is 5.62. The zero-order valence-electron chi connectivity index (χ0n) is 12.3. The first-order valence-electron chi connectivity index (χ1n) is 6.81. The Labute approximate surface area is 118 Å². The molecule has 0 saturated carbocycles. The van der Waals surface area contributed by atoms with Crippen LogP contribution in [0.25, 0.3) is 0 Å². The van der Waals surface area contributed by atoms with Gasteiger partial charge in [0, 0.05) is 13.1 Å². The molecule has 1 fully saturated rings. The predicted molar refractivity (Wildman–Crippen MR) is 72.6 cm³/mol. The summed E-state index contributed by atoms with van der Waals surface area (Å²) in [5, 5.41) is 20.9. The third-order valence-corrected chi connectivity index (χ3v) is 3.28. The minimum atomic E-state index is -0.927. The van der Waals surface area contributed by atoms with Crippen LogP contribution < -0.4 is 5.32 Å². The van der Waals surface area contributed by atoms with Crippen molar-refractivity contribution < 1.29 is 24.5 Å². The van der Waals surface area contributed by atoms with E-state index in [1.165, 1.54) is 4.90 Å². The molecule has 1 saturated heterocycles. The summed E-state index contributed by atoms with van der Waals surface area (Å²) in [4.78, 5) is 23.9. The molecule has 1 rings (SSSR count). The van der Waals surface area contributed by atoms with E-state index in [0.29, 0.717) is 25.9 Å². The van der Waals surface area contributed by atoms with E-state index in [1.54, 1.807) is 20.8 Å². The van der Waals surface area contributed by atoms with Crippen LogP contribution in [0.4, 0.5) is 9.59 Å². The maximum absolute atomic E-state index is 11.7. The first-order valence-corrected chi connectivity index (χ1v) is 6.81. The third kappa shape index (κ3) is 5.24. The van der Waals surface area contributed by atoms with Crippen molar-refractivity contribution >= 4 is 12.2 Å². The number of hydrogen-bond donors (Lipinski definition) is 3. The van der Waals surface area contributed by atoms with Crippen molar-refractivity contribution in [1.29, 1.82) is 0 Å². The van der Waals surface area contributed by atoms with Crippen LogP contribution in [-0.2, 0) is 4.74 Å². The number of hydrogen-bond acceptors (Lipinski definition) is 4. The Hall–Kier alpha value is -1.50. The van der Waals surface area contributed by atoms with Gasteiger partial charge in [-0.1, -0.05) is 0 Å². The van der Waals surface area contributed by atoms with E-state index in [9.17, 15) is 14.7 Å². The molecule has 0 aliphatic carbocycles. The highest BCUT2D eigenvalue weighted by Gasteiger charge is 2.30. The summed E-state index contributed by atoms with van der Waals surface area (Å²) in [5.41, 5.74) is -0.587. The number of carbonyl (C=O) groups excluding carboxylic acids is 1. The summed E-state index contributed by atoms with van der Waals surface area (Å²) in [6, 6.07) is -0.402. The van der Waals surface area contributed by atoms with Gasteiger partial charge in [0.15, 0.2) is 0 Å². The lowest BCUT2D eigenvalue weighted by Crippen LogP contribution is -2.49. The summed E-state index contributed by atoms with van der Waals surface area (Å²) in [7, 11) is 0. The molecule has 7 heteroatoms. The number of piperidine rings is 1. The molecule has 0 aromatic rings. The number of nitrogens with zero attached hydrogens (tertiary/aromatic N) is 1. The Morgan fingerprint density at radius 2 is 1.90 bits per heavy atom. The number of likely N-dealkylation sites (tertiary alicyclic amines) is 1. The molecule has 1 aliphatic heterocycles. The zero-order chi connectivity index (χ0) is 15.3. The topological polar surface area (TPSA) is 99.1 Å². The van der Waals surface area contributed by atoms with Crippen molar-refractivity contribution in [3.8, 4) is 0 Å². The highest BCUT2D eigenvalue weighted by molar-refractivity contribution is 5.68. The first-order chi connectivity index (χ1) is 9.23. The van der Waals surface area contributed by atoms with Crippen LogP contribution in [0.5, 0.6) is 0 Å². The molecule has 7 nitrogen and oxygen atoms in total. The Morgan fingerprint density at radius 3 is 2.30 bits per heavy atom. The molecule has 2 amide bonds. The summed E-state index contributed by atoms with van der Waals surface area (Å²) >= 11 is 0. The number of carboxylic acid groups (broad SMARTS) is 1. The van der Waals surface area contributed by atoms with E-state index in [2.05, 4.69) is 5.32 Å². The first kappa shape index (κ1) is 16.6. The van der Waals surface area contributed by atoms with E-state index >= 15 is 0 Å². The maximum atomic E-state index is 11.7. The quantitative estimate of drug-likeness (QED) is 0.726. The zero-order valence-corrected chi connectivity index (χ0v) is 12.3. The number of carbonyl (C=O) groups is 2. The summed E-state index contributed by atoms with van der Waals surface area (Å²) in [5.74, 6) is 0.0584. The molecule has 20 heavy (non-hydrogen) atoms. The van der Waals surface area contributed by atoms with Crippen LogP contribution in [0.1, 0.15) is 33.6 Å². The van der Waals surface area contributed by atoms with Gasteiger partial charge in [0.25, 0.3) is 0 Å². The van der Waals surface area contributed by atoms with Crippen molar-refractivity contribution in [3.63, 3.8) is 0 Å². The number of ether oxygens (including phenoxy) is 1. The van der Waals surface area contributed by atoms with Crippen LogP contribution in [0, 0.1) is 5.92 Å². The summed E-state index contributed by atoms with van der Waals surface area (Å²) in [6.07, 6.45) is -0.248. The van der Waals surface area contributed by atoms with Gasteiger partial charge >= 0.3 is 12.2 Å². The normalized spacial score (nSPS) is 18.5. The van der Waals surface area contributed by atoms with Gasteiger partial charge < -0.3 is 25.2 Å². The fourth-order valence-electron chi connectivity index (χ4n) is 2.26. The van der Waals surface area contributed by atoms with Gasteiger partial charge in [-0.15, -0.1) is 0 Å². The molecule has 116 valence electrons. The average molecular weight is 288 g/mol. The minimum Gasteiger partial charge on any atom is -0.465 e. The molecule has 3 N–H and O–H groups in total. The molecular weight excluding hydrogens is 264 g/mol. The Bertz CT molecular complexity index is 345. The second kappa shape index (κ2) is 6.78. The monoisotopic (exact) mass is 288 g/mol. The smallest absolute Gasteiger partial charge is 0.407 e. The molecule has 0 aromatic heterocycles. The minimum absolute atomic E-state index is 0.0584. The molecule has 0 aromatic carbocycles. The average Bonchev–Trinajstić information content (AvgIpc) is 2.34. The van der Waals surface area contributed by atoms with Crippen molar-refractivity contribution in [2.45, 2.75) is 45.3 Å². The Morgan fingerprint density at radius 1 is 1.35 bits per heavy atom. The lowest BCUT2D eigenvalue weighted by molar-refractivity contribution is 0.0419. The fraction of sp³-hybridized carbons (Fsp3) is 0.846. The van der Waals surface area contributed by atoms with E-state index in [4.69, 9.17) is 9.84 Å². The number of nitrogens with one attached hydrogen (secondary N) is 1. The molecule has 1 unspecified atom stereocenters. The molecule has 0 radical (unpaired) electrons. The van der Waals surface area contributed by atoms with Gasteiger partial charge in [0.1, 0.15) is 5.60 Å². The molecule has 0 bridgehead atoms. The van der Waals surface area contributed by atoms with Crippen molar-refractivity contribution in [1.82, 2.24) is 10.2 Å². The highest BCUT2D eigenvalue weighted by atomic mass is 16.6. The largest absolute Gasteiger partial charge is 0.465 e. The van der Waals surface area contributed by atoms with Crippen molar-refractivity contribution in [2.24, 2.45) is 5.92 Å². The van der Waals surface area contributed by atoms with Gasteiger partial charge in [-0.05, 0) is 39.5 Å². The molecule has 1 aliphatic rings. The molecule has 1 heterocycles. The number of aliphatic hydroxyl groups excluding tert-OH is 1. The second-order valence-electron chi connectivity index (χ2n) is 6.04. The summed E-state index contributed by atoms with van der Waals surface area (Å²) in [6.45, 7) is 5.97. The van der Waals surface area contributed by atoms with E-state index < -0.39 is 23.8 Å². The van der Waals surface area contributed by atoms with Gasteiger partial charge in [-0.3, -0.25) is 0 Å². The van der Waals surface area contributed by atoms with E-state index in [1.807, 2.05) is 0 Å². The Balaban J connectivity index is 2.47. The van der Waals surface area contributed by atoms with Gasteiger partial charge in [0.2, 0.25) is 0 Å². The van der Waals surface area contributed by atoms with E-state index in [0.717, 1.165) is 0 Å². The third-order valence-electron chi connectivity index (χ3n) is 3.28. The molecule has 1 atom stereocenters. The number of alkyl carbamates (subject to hydrolysis) is 1. The number of aliphatic hydroxyl groups is 1. The predicted octanol–water partition coefficient (Wildman–Crippen LogP) is 1.26. The highest BCUT2D eigenvalue weighted by Crippen LogP contribution is 2.21. The van der Waals surface area contributed by atoms with Gasteiger partial charge in [-0.25, -0.2) is 9.59 Å². The standard InChI is InChI=1S/C13H24N2O5/c1-13(2,3)20-11(17)14-10(8-16)9-4-6-15(7-5-9)12(18)19/h9-10,16H,4-8H2,1-3H3,(H,14,17)(H,18,19). The number of amides is 2. The SMILES string of the molecule is CC(C)(C)OC(=O)NC(CO)C1CCN(C(=O)O)CC1. The van der Waals surface area contributed by atoms with Crippen LogP contribution in [-0.4, -0.2) is 58.6 Å². The van der Waals surface area contributed by atoms with Crippen LogP contribution in [0.15, 0.2) is 0 Å². The van der Waals surface area contributed by atoms with Crippen LogP contribution >= 0.6 is 0 Å². The molecule has 0 spiro atoms. The maximum Gasteiger partial charge on any atom is 0.407 e. The lowest BCUT2D eigenvalue weighted by Gasteiger charge is -2.34. The van der Waals surface area contributed by atoms with Crippen molar-refractivity contribution in [3.05, 3.63) is 0 Å². The fourth-order valence-corrected chi connectivity index (χ4v) is 2.26. The lowest BCUT2D eigenvalue weighted by atomic mass is 9.90. The second-order valence-corrected chi connectivity index (χ2v) is 6.04. The van der Waals surface area contributed by atoms with Gasteiger partial charge in [0.05, 0.1) is 12.6 Å². The van der Waals surface area contributed by atoms with Gasteiger partial charge in [-0.2, -0.15) is 0 Å². The van der Waals surface area contributed by atoms with Crippen LogP contribution in [0.3, 0.4) is 0 Å².